The quantitative estimate of drug-likeness (QED) is 0.431. The van der Waals surface area contributed by atoms with Crippen LogP contribution in [0.1, 0.15) is 36.1 Å². The molecule has 0 aromatic heterocycles. The van der Waals surface area contributed by atoms with Gasteiger partial charge in [-0.3, -0.25) is 9.10 Å². The van der Waals surface area contributed by atoms with E-state index in [-0.39, 0.29) is 11.4 Å². The van der Waals surface area contributed by atoms with Gasteiger partial charge in [0.25, 0.3) is 10.0 Å². The molecule has 0 unspecified atom stereocenters. The number of amides is 1. The molecule has 5 nitrogen and oxygen atoms in total. The Bertz CT molecular complexity index is 1230. The van der Waals surface area contributed by atoms with E-state index in [1.165, 1.54) is 0 Å². The van der Waals surface area contributed by atoms with Crippen LogP contribution in [0.4, 0.5) is 11.4 Å². The summed E-state index contributed by atoms with van der Waals surface area (Å²) in [5.74, 6) is -0.416. The number of para-hydroxylation sites is 1. The predicted molar refractivity (Wildman–Crippen MR) is 136 cm³/mol. The third-order valence-corrected chi connectivity index (χ3v) is 7.61. The van der Waals surface area contributed by atoms with Gasteiger partial charge < -0.3 is 5.32 Å². The van der Waals surface area contributed by atoms with Crippen molar-refractivity contribution in [2.45, 2.75) is 45.4 Å². The van der Waals surface area contributed by atoms with Crippen LogP contribution in [-0.4, -0.2) is 20.9 Å². The van der Waals surface area contributed by atoms with Gasteiger partial charge >= 0.3 is 0 Å². The Morgan fingerprint density at radius 2 is 1.55 bits per heavy atom. The molecule has 0 aliphatic heterocycles. The smallest absolute Gasteiger partial charge is 0.264 e. The van der Waals surface area contributed by atoms with Crippen molar-refractivity contribution in [3.8, 4) is 0 Å². The number of hydrogen-bond acceptors (Lipinski definition) is 3. The van der Waals surface area contributed by atoms with Gasteiger partial charge in [-0.15, -0.1) is 0 Å². The molecule has 174 valence electrons. The van der Waals surface area contributed by atoms with Crippen LogP contribution in [0.3, 0.4) is 0 Å². The van der Waals surface area contributed by atoms with E-state index < -0.39 is 15.9 Å². The van der Waals surface area contributed by atoms with E-state index in [0.717, 1.165) is 39.5 Å². The van der Waals surface area contributed by atoms with Gasteiger partial charge in [-0.25, -0.2) is 8.42 Å². The van der Waals surface area contributed by atoms with E-state index in [1.54, 1.807) is 49.4 Å². The van der Waals surface area contributed by atoms with Crippen LogP contribution in [0.25, 0.3) is 0 Å². The summed E-state index contributed by atoms with van der Waals surface area (Å²) in [6.45, 7) is 7.35. The first-order valence-corrected chi connectivity index (χ1v) is 12.7. The topological polar surface area (TPSA) is 66.5 Å². The highest BCUT2D eigenvalue weighted by molar-refractivity contribution is 7.92. The largest absolute Gasteiger partial charge is 0.324 e. The van der Waals surface area contributed by atoms with E-state index in [0.29, 0.717) is 16.3 Å². The minimum absolute atomic E-state index is 0.114. The first kappa shape index (κ1) is 24.8. The summed E-state index contributed by atoms with van der Waals surface area (Å²) in [7, 11) is -4.02. The average molecular weight is 485 g/mol. The molecule has 3 aromatic rings. The Kier molecular flexibility index (Phi) is 7.82. The third-order valence-electron chi connectivity index (χ3n) is 5.60. The van der Waals surface area contributed by atoms with Gasteiger partial charge in [0.1, 0.15) is 6.54 Å². The van der Waals surface area contributed by atoms with Crippen molar-refractivity contribution < 1.29 is 13.2 Å². The molecular formula is C26H29ClN2O3S. The van der Waals surface area contributed by atoms with Crippen LogP contribution in [0.2, 0.25) is 5.02 Å². The van der Waals surface area contributed by atoms with Crippen molar-refractivity contribution in [3.63, 3.8) is 0 Å². The fourth-order valence-electron chi connectivity index (χ4n) is 3.70. The summed E-state index contributed by atoms with van der Waals surface area (Å²) < 4.78 is 28.4. The van der Waals surface area contributed by atoms with E-state index in [2.05, 4.69) is 5.32 Å². The molecule has 0 spiro atoms. The molecule has 3 aromatic carbocycles. The Balaban J connectivity index is 2.03. The van der Waals surface area contributed by atoms with Gasteiger partial charge in [0.2, 0.25) is 5.91 Å². The van der Waals surface area contributed by atoms with Gasteiger partial charge in [0.15, 0.2) is 0 Å². The number of halogens is 1. The van der Waals surface area contributed by atoms with Crippen molar-refractivity contribution >= 4 is 38.9 Å². The number of carbonyl (C=O) groups is 1. The van der Waals surface area contributed by atoms with Crippen LogP contribution in [-0.2, 0) is 27.7 Å². The molecule has 1 amide bonds. The number of benzene rings is 3. The number of aryl methyl sites for hydroxylation is 4. The SMILES string of the molecule is CCc1cccc(CC)c1NC(=O)CN(c1cc(Cl)ccc1C)S(=O)(=O)c1ccc(C)cc1. The van der Waals surface area contributed by atoms with Crippen LogP contribution < -0.4 is 9.62 Å². The highest BCUT2D eigenvalue weighted by atomic mass is 35.5. The van der Waals surface area contributed by atoms with Crippen molar-refractivity contribution in [2.75, 3.05) is 16.2 Å². The zero-order valence-corrected chi connectivity index (χ0v) is 20.9. The minimum atomic E-state index is -4.02. The number of rotatable bonds is 8. The maximum atomic E-state index is 13.6. The van der Waals surface area contributed by atoms with E-state index >= 15 is 0 Å². The Hall–Kier alpha value is -2.83. The second kappa shape index (κ2) is 10.4. The molecule has 0 heterocycles. The highest BCUT2D eigenvalue weighted by Gasteiger charge is 2.29. The van der Waals surface area contributed by atoms with Gasteiger partial charge in [0.05, 0.1) is 10.6 Å². The van der Waals surface area contributed by atoms with Crippen molar-refractivity contribution in [2.24, 2.45) is 0 Å². The predicted octanol–water partition coefficient (Wildman–Crippen LogP) is 5.92. The molecule has 0 bridgehead atoms. The Labute approximate surface area is 201 Å². The summed E-state index contributed by atoms with van der Waals surface area (Å²) in [5.41, 5.74) is 4.79. The van der Waals surface area contributed by atoms with Crippen molar-refractivity contribution in [1.29, 1.82) is 0 Å². The molecule has 0 saturated heterocycles. The van der Waals surface area contributed by atoms with E-state index in [1.807, 2.05) is 39.0 Å². The summed E-state index contributed by atoms with van der Waals surface area (Å²) in [4.78, 5) is 13.3. The molecule has 0 aliphatic rings. The standard InChI is InChI=1S/C26H29ClN2O3S/c1-5-20-8-7-9-21(6-2)26(20)28-25(30)17-29(24-16-22(27)13-12-19(24)4)33(31,32)23-14-10-18(3)11-15-23/h7-16H,5-6,17H2,1-4H3,(H,28,30). The number of nitrogens with one attached hydrogen (secondary N) is 1. The molecule has 0 aliphatic carbocycles. The monoisotopic (exact) mass is 484 g/mol. The van der Waals surface area contributed by atoms with Crippen LogP contribution in [0.5, 0.6) is 0 Å². The molecule has 33 heavy (non-hydrogen) atoms. The molecular weight excluding hydrogens is 456 g/mol. The fraction of sp³-hybridized carbons (Fsp3) is 0.269. The molecule has 7 heteroatoms. The first-order valence-electron chi connectivity index (χ1n) is 10.9. The molecule has 0 fully saturated rings. The van der Waals surface area contributed by atoms with Crippen molar-refractivity contribution in [3.05, 3.63) is 87.9 Å². The van der Waals surface area contributed by atoms with Crippen LogP contribution in [0, 0.1) is 13.8 Å². The molecule has 0 saturated carbocycles. The lowest BCUT2D eigenvalue weighted by atomic mass is 10.0. The van der Waals surface area contributed by atoms with Crippen LogP contribution >= 0.6 is 11.6 Å². The number of nitrogens with zero attached hydrogens (tertiary/aromatic N) is 1. The maximum Gasteiger partial charge on any atom is 0.264 e. The summed E-state index contributed by atoms with van der Waals surface area (Å²) in [6.07, 6.45) is 1.50. The van der Waals surface area contributed by atoms with E-state index in [4.69, 9.17) is 11.6 Å². The second-order valence-electron chi connectivity index (χ2n) is 7.96. The lowest BCUT2D eigenvalue weighted by Gasteiger charge is -2.26. The Morgan fingerprint density at radius 3 is 2.12 bits per heavy atom. The van der Waals surface area contributed by atoms with Gasteiger partial charge in [-0.1, -0.05) is 67.4 Å². The zero-order chi connectivity index (χ0) is 24.2. The Morgan fingerprint density at radius 1 is 0.939 bits per heavy atom. The number of hydrogen-bond donors (Lipinski definition) is 1. The summed E-state index contributed by atoms with van der Waals surface area (Å²) in [6, 6.07) is 17.5. The van der Waals surface area contributed by atoms with Gasteiger partial charge in [-0.2, -0.15) is 0 Å². The molecule has 3 rings (SSSR count). The highest BCUT2D eigenvalue weighted by Crippen LogP contribution is 2.30. The number of anilines is 2. The third kappa shape index (κ3) is 5.57. The average Bonchev–Trinajstić information content (AvgIpc) is 2.79. The number of sulfonamides is 1. The molecule has 1 N–H and O–H groups in total. The summed E-state index contributed by atoms with van der Waals surface area (Å²) >= 11 is 6.20. The number of carbonyl (C=O) groups excluding carboxylic acids is 1. The van der Waals surface area contributed by atoms with Crippen LogP contribution in [0.15, 0.2) is 65.6 Å². The molecule has 0 atom stereocenters. The lowest BCUT2D eigenvalue weighted by molar-refractivity contribution is -0.114. The second-order valence-corrected chi connectivity index (χ2v) is 10.3. The van der Waals surface area contributed by atoms with E-state index in [9.17, 15) is 13.2 Å². The minimum Gasteiger partial charge on any atom is -0.324 e. The van der Waals surface area contributed by atoms with Crippen molar-refractivity contribution in [1.82, 2.24) is 0 Å². The normalized spacial score (nSPS) is 11.3. The first-order chi connectivity index (χ1) is 15.7. The summed E-state index contributed by atoms with van der Waals surface area (Å²) in [5, 5.41) is 3.36. The maximum absolute atomic E-state index is 13.6. The fourth-order valence-corrected chi connectivity index (χ4v) is 5.34. The van der Waals surface area contributed by atoms with Gasteiger partial charge in [0, 0.05) is 10.7 Å². The molecule has 0 radical (unpaired) electrons. The zero-order valence-electron chi connectivity index (χ0n) is 19.4. The lowest BCUT2D eigenvalue weighted by Crippen LogP contribution is -2.38. The van der Waals surface area contributed by atoms with Gasteiger partial charge in [-0.05, 0) is 67.6 Å².